The summed E-state index contributed by atoms with van der Waals surface area (Å²) in [5, 5.41) is 3.50. The molecule has 0 saturated carbocycles. The molecule has 1 N–H and O–H groups in total. The summed E-state index contributed by atoms with van der Waals surface area (Å²) in [6, 6.07) is 1.67. The van der Waals surface area contributed by atoms with E-state index in [4.69, 9.17) is 16.3 Å². The van der Waals surface area contributed by atoms with E-state index >= 15 is 0 Å². The summed E-state index contributed by atoms with van der Waals surface area (Å²) in [6.07, 6.45) is 8.23. The van der Waals surface area contributed by atoms with Crippen LogP contribution >= 0.6 is 11.6 Å². The van der Waals surface area contributed by atoms with Gasteiger partial charge in [-0.05, 0) is 44.2 Å². The van der Waals surface area contributed by atoms with Gasteiger partial charge in [0.25, 0.3) is 5.91 Å². The minimum Gasteiger partial charge on any atom is -0.370 e. The van der Waals surface area contributed by atoms with Crippen molar-refractivity contribution < 1.29 is 9.53 Å². The second-order valence-electron chi connectivity index (χ2n) is 8.87. The van der Waals surface area contributed by atoms with Crippen molar-refractivity contribution in [3.05, 3.63) is 29.0 Å². The first-order valence-corrected chi connectivity index (χ1v) is 10.6. The molecule has 3 aliphatic rings. The van der Waals surface area contributed by atoms with E-state index in [0.717, 1.165) is 32.0 Å². The Morgan fingerprint density at radius 3 is 3.15 bits per heavy atom. The Balaban J connectivity index is 1.36. The van der Waals surface area contributed by atoms with Crippen molar-refractivity contribution in [2.24, 2.45) is 17.8 Å². The molecular weight excluding hydrogens is 362 g/mol. The molecule has 148 valence electrons. The topological polar surface area (TPSA) is 54.5 Å². The number of nitrogens with one attached hydrogen (secondary N) is 1. The van der Waals surface area contributed by atoms with Crippen LogP contribution in [0.25, 0.3) is 0 Å². The lowest BCUT2D eigenvalue weighted by Crippen LogP contribution is -2.42. The highest BCUT2D eigenvalue weighted by molar-refractivity contribution is 6.33. The minimum absolute atomic E-state index is 0.0339. The van der Waals surface area contributed by atoms with E-state index in [1.807, 2.05) is 0 Å². The maximum absolute atomic E-state index is 12.5. The van der Waals surface area contributed by atoms with E-state index < -0.39 is 0 Å². The predicted octanol–water partition coefficient (Wildman–Crippen LogP) is 3.38. The first kappa shape index (κ1) is 19.2. The van der Waals surface area contributed by atoms with Crippen LogP contribution in [0.3, 0.4) is 0 Å². The molecule has 3 aliphatic heterocycles. The number of carbonyl (C=O) groups excluding carboxylic acids is 1. The fourth-order valence-electron chi connectivity index (χ4n) is 5.32. The first-order valence-electron chi connectivity index (χ1n) is 10.3. The fourth-order valence-corrected chi connectivity index (χ4v) is 5.52. The second kappa shape index (κ2) is 7.69. The quantitative estimate of drug-likeness (QED) is 0.774. The summed E-state index contributed by atoms with van der Waals surface area (Å²) < 4.78 is 6.49. The molecule has 1 spiro atoms. The molecule has 3 saturated heterocycles. The van der Waals surface area contributed by atoms with Gasteiger partial charge in [-0.25, -0.2) is 0 Å². The monoisotopic (exact) mass is 391 g/mol. The third-order valence-corrected chi connectivity index (χ3v) is 6.93. The molecule has 1 aromatic rings. The number of carbonyl (C=O) groups is 1. The second-order valence-corrected chi connectivity index (χ2v) is 9.27. The molecule has 5 nitrogen and oxygen atoms in total. The molecule has 4 heterocycles. The number of likely N-dealkylation sites (tertiary alicyclic amines) is 1. The van der Waals surface area contributed by atoms with Crippen LogP contribution in [0.5, 0.6) is 0 Å². The van der Waals surface area contributed by atoms with E-state index in [1.54, 1.807) is 12.3 Å². The van der Waals surface area contributed by atoms with Crippen LogP contribution in [0.15, 0.2) is 18.5 Å². The number of rotatable bonds is 7. The van der Waals surface area contributed by atoms with Crippen LogP contribution in [0.1, 0.15) is 49.9 Å². The van der Waals surface area contributed by atoms with Gasteiger partial charge < -0.3 is 15.0 Å². The Labute approximate surface area is 166 Å². The molecule has 1 amide bonds. The number of halogens is 1. The van der Waals surface area contributed by atoms with E-state index in [0.29, 0.717) is 35.1 Å². The van der Waals surface area contributed by atoms with E-state index in [2.05, 4.69) is 29.0 Å². The highest BCUT2D eigenvalue weighted by Crippen LogP contribution is 2.54. The Hall–Kier alpha value is -1.17. The van der Waals surface area contributed by atoms with Crippen LogP contribution < -0.4 is 5.32 Å². The van der Waals surface area contributed by atoms with Gasteiger partial charge in [-0.1, -0.05) is 25.4 Å². The van der Waals surface area contributed by atoms with Gasteiger partial charge in [-0.3, -0.25) is 9.78 Å². The zero-order valence-electron chi connectivity index (χ0n) is 16.3. The largest absolute Gasteiger partial charge is 0.370 e. The van der Waals surface area contributed by atoms with Crippen molar-refractivity contribution in [3.8, 4) is 0 Å². The summed E-state index contributed by atoms with van der Waals surface area (Å²) in [6.45, 7) is 8.56. The maximum atomic E-state index is 12.5. The number of aromatic nitrogens is 1. The van der Waals surface area contributed by atoms with E-state index in [-0.39, 0.29) is 11.5 Å². The summed E-state index contributed by atoms with van der Waals surface area (Å²) >= 11 is 6.10. The summed E-state index contributed by atoms with van der Waals surface area (Å²) in [4.78, 5) is 19.0. The van der Waals surface area contributed by atoms with Crippen LogP contribution in [-0.2, 0) is 4.74 Å². The number of nitrogens with zero attached hydrogens (tertiary/aromatic N) is 2. The van der Waals surface area contributed by atoms with Gasteiger partial charge in [-0.15, -0.1) is 0 Å². The minimum atomic E-state index is -0.119. The molecule has 0 unspecified atom stereocenters. The Bertz CT molecular complexity index is 698. The number of ether oxygens (including phenoxy) is 1. The lowest BCUT2D eigenvalue weighted by Gasteiger charge is -2.29. The summed E-state index contributed by atoms with van der Waals surface area (Å²) in [5.74, 6) is 1.58. The van der Waals surface area contributed by atoms with Gasteiger partial charge >= 0.3 is 0 Å². The zero-order chi connectivity index (χ0) is 19.0. The van der Waals surface area contributed by atoms with Gasteiger partial charge in [0, 0.05) is 43.9 Å². The zero-order valence-corrected chi connectivity index (χ0v) is 17.0. The molecule has 1 aromatic heterocycles. The molecule has 6 heteroatoms. The SMILES string of the molecule is CC(C)CCCN1C[C@@H]2[C@H](CNC(=O)c3ccncc3Cl)[C@H]3CC[C@]2(C1)O3. The van der Waals surface area contributed by atoms with Gasteiger partial charge in [0.2, 0.25) is 0 Å². The van der Waals surface area contributed by atoms with Crippen LogP contribution in [-0.4, -0.2) is 53.7 Å². The molecule has 4 atom stereocenters. The third-order valence-electron chi connectivity index (χ3n) is 6.63. The number of amides is 1. The molecule has 0 aromatic carbocycles. The smallest absolute Gasteiger partial charge is 0.252 e. The van der Waals surface area contributed by atoms with Gasteiger partial charge in [0.1, 0.15) is 0 Å². The number of pyridine rings is 1. The molecule has 27 heavy (non-hydrogen) atoms. The van der Waals surface area contributed by atoms with Crippen LogP contribution in [0, 0.1) is 17.8 Å². The molecular formula is C21H30ClN3O2. The lowest BCUT2D eigenvalue weighted by atomic mass is 9.73. The normalized spacial score (nSPS) is 32.2. The number of fused-ring (bicyclic) bond motifs is 1. The van der Waals surface area contributed by atoms with E-state index in [9.17, 15) is 4.79 Å². The maximum Gasteiger partial charge on any atom is 0.252 e. The number of hydrogen-bond acceptors (Lipinski definition) is 4. The van der Waals surface area contributed by atoms with Gasteiger partial charge in [0.05, 0.1) is 22.3 Å². The Morgan fingerprint density at radius 2 is 2.37 bits per heavy atom. The van der Waals surface area contributed by atoms with Crippen LogP contribution in [0.4, 0.5) is 0 Å². The third kappa shape index (κ3) is 3.74. The molecule has 2 bridgehead atoms. The molecule has 3 fully saturated rings. The highest BCUT2D eigenvalue weighted by atomic mass is 35.5. The van der Waals surface area contributed by atoms with Gasteiger partial charge in [-0.2, -0.15) is 0 Å². The van der Waals surface area contributed by atoms with Crippen molar-refractivity contribution in [2.45, 2.75) is 51.2 Å². The average Bonchev–Trinajstić information content (AvgIpc) is 3.28. The molecule has 4 rings (SSSR count). The summed E-state index contributed by atoms with van der Waals surface area (Å²) in [5.41, 5.74) is 0.527. The van der Waals surface area contributed by atoms with E-state index in [1.165, 1.54) is 25.5 Å². The molecule has 0 aliphatic carbocycles. The predicted molar refractivity (Wildman–Crippen MR) is 106 cm³/mol. The molecule has 0 radical (unpaired) electrons. The Morgan fingerprint density at radius 1 is 1.52 bits per heavy atom. The number of hydrogen-bond donors (Lipinski definition) is 1. The van der Waals surface area contributed by atoms with Crippen molar-refractivity contribution >= 4 is 17.5 Å². The van der Waals surface area contributed by atoms with Crippen molar-refractivity contribution in [1.29, 1.82) is 0 Å². The lowest BCUT2D eigenvalue weighted by molar-refractivity contribution is 0.00262. The van der Waals surface area contributed by atoms with Crippen molar-refractivity contribution in [3.63, 3.8) is 0 Å². The average molecular weight is 392 g/mol. The highest BCUT2D eigenvalue weighted by Gasteiger charge is 2.62. The summed E-state index contributed by atoms with van der Waals surface area (Å²) in [7, 11) is 0. The standard InChI is InChI=1S/C21H30ClN3O2/c1-14(2)4-3-9-25-12-17-16(19-5-7-21(17,13-25)27-19)10-24-20(26)15-6-8-23-11-18(15)22/h6,8,11,14,16-17,19H,3-5,7,9-10,12-13H2,1-2H3,(H,24,26)/t16-,17+,19+,21+/m0/s1. The Kier molecular flexibility index (Phi) is 5.45. The van der Waals surface area contributed by atoms with Crippen LogP contribution in [0.2, 0.25) is 5.02 Å². The first-order chi connectivity index (χ1) is 13.0. The fraction of sp³-hybridized carbons (Fsp3) is 0.714. The van der Waals surface area contributed by atoms with Gasteiger partial charge in [0.15, 0.2) is 0 Å². The van der Waals surface area contributed by atoms with Crippen molar-refractivity contribution in [1.82, 2.24) is 15.2 Å². The van der Waals surface area contributed by atoms with Crippen molar-refractivity contribution in [2.75, 3.05) is 26.2 Å².